The summed E-state index contributed by atoms with van der Waals surface area (Å²) < 4.78 is 1.04. The van der Waals surface area contributed by atoms with Gasteiger partial charge >= 0.3 is 0 Å². The highest BCUT2D eigenvalue weighted by molar-refractivity contribution is 9.10. The summed E-state index contributed by atoms with van der Waals surface area (Å²) >= 11 is 3.47. The molecule has 0 spiro atoms. The van der Waals surface area contributed by atoms with Crippen molar-refractivity contribution < 1.29 is 24.9 Å². The molecule has 0 aromatic heterocycles. The Morgan fingerprint density at radius 1 is 1.08 bits per heavy atom. The molecule has 0 heterocycles. The Bertz CT molecular complexity index is 562. The summed E-state index contributed by atoms with van der Waals surface area (Å²) in [6.45, 7) is 3.37. The lowest BCUT2D eigenvalue weighted by molar-refractivity contribution is -0.130. The van der Waals surface area contributed by atoms with Crippen LogP contribution in [-0.2, 0) is 9.59 Å². The van der Waals surface area contributed by atoms with Gasteiger partial charge in [0.1, 0.15) is 11.6 Å². The van der Waals surface area contributed by atoms with E-state index in [0.717, 1.165) is 15.6 Å². The first-order valence-electron chi connectivity index (χ1n) is 8.42. The number of ketones is 2. The van der Waals surface area contributed by atoms with Gasteiger partial charge in [0.2, 0.25) is 0 Å². The smallest absolute Gasteiger partial charge is 0.140 e. The Kier molecular flexibility index (Phi) is 8.93. The second-order valence-corrected chi connectivity index (χ2v) is 7.55. The fourth-order valence-electron chi connectivity index (χ4n) is 2.57. The molecule has 0 unspecified atom stereocenters. The minimum atomic E-state index is -0.667. The van der Waals surface area contributed by atoms with E-state index in [0.29, 0.717) is 19.3 Å². The van der Waals surface area contributed by atoms with E-state index in [1.54, 1.807) is 0 Å². The predicted molar refractivity (Wildman–Crippen MR) is 99.5 cm³/mol. The van der Waals surface area contributed by atoms with Crippen LogP contribution in [0.4, 0.5) is 0 Å². The van der Waals surface area contributed by atoms with Crippen molar-refractivity contribution in [2.75, 3.05) is 19.8 Å². The lowest BCUT2D eigenvalue weighted by atomic mass is 9.82. The topological polar surface area (TPSA) is 94.8 Å². The summed E-state index contributed by atoms with van der Waals surface area (Å²) in [5, 5.41) is 26.0. The highest BCUT2D eigenvalue weighted by Crippen LogP contribution is 2.31. The monoisotopic (exact) mass is 414 g/mol. The maximum Gasteiger partial charge on any atom is 0.140 e. The molecule has 2 rings (SSSR count). The number of hydrogen-bond donors (Lipinski definition) is 3. The number of rotatable bonds is 5. The number of aryl methyl sites for hydroxylation is 1. The third-order valence-electron chi connectivity index (χ3n) is 4.77. The Morgan fingerprint density at radius 2 is 1.60 bits per heavy atom. The molecule has 1 aromatic rings. The molecule has 0 radical (unpaired) electrons. The van der Waals surface area contributed by atoms with Crippen LogP contribution in [0.15, 0.2) is 22.7 Å². The Hall–Kier alpha value is -1.08. The van der Waals surface area contributed by atoms with Crippen LogP contribution < -0.4 is 0 Å². The second-order valence-electron chi connectivity index (χ2n) is 6.70. The lowest BCUT2D eigenvalue weighted by Crippen LogP contribution is -2.32. The standard InChI is InChI=1S/C13H13BrO2.C6H14O3/c1-8-2-3-9(6-13(8)14)10-4-11(15)7-12(16)5-10;1-2-6(3-7,4-8)5-9/h2-3,6,10H,4-5,7H2,1H3;7-9H,2-5H2,1H3. The summed E-state index contributed by atoms with van der Waals surface area (Å²) in [6.07, 6.45) is 1.72. The maximum absolute atomic E-state index is 11.4. The summed E-state index contributed by atoms with van der Waals surface area (Å²) in [6, 6.07) is 6.05. The normalized spacial score (nSPS) is 15.8. The van der Waals surface area contributed by atoms with Gasteiger partial charge in [-0.25, -0.2) is 0 Å². The molecule has 1 aromatic carbocycles. The van der Waals surface area contributed by atoms with Crippen molar-refractivity contribution in [1.29, 1.82) is 0 Å². The molecule has 25 heavy (non-hydrogen) atoms. The highest BCUT2D eigenvalue weighted by Gasteiger charge is 2.26. The Morgan fingerprint density at radius 3 is 1.96 bits per heavy atom. The average Bonchev–Trinajstić information content (AvgIpc) is 2.60. The van der Waals surface area contributed by atoms with E-state index in [4.69, 9.17) is 15.3 Å². The van der Waals surface area contributed by atoms with Gasteiger partial charge < -0.3 is 15.3 Å². The van der Waals surface area contributed by atoms with Gasteiger partial charge in [-0.1, -0.05) is 35.0 Å². The number of aliphatic hydroxyl groups is 3. The zero-order chi connectivity index (χ0) is 19.0. The van der Waals surface area contributed by atoms with Crippen molar-refractivity contribution in [3.8, 4) is 0 Å². The van der Waals surface area contributed by atoms with Crippen LogP contribution >= 0.6 is 15.9 Å². The van der Waals surface area contributed by atoms with E-state index in [9.17, 15) is 9.59 Å². The molecule has 1 fully saturated rings. The van der Waals surface area contributed by atoms with Crippen LogP contribution in [0, 0.1) is 12.3 Å². The van der Waals surface area contributed by atoms with E-state index < -0.39 is 5.41 Å². The molecule has 0 bridgehead atoms. The maximum atomic E-state index is 11.4. The van der Waals surface area contributed by atoms with Gasteiger partial charge in [-0.2, -0.15) is 0 Å². The van der Waals surface area contributed by atoms with E-state index in [1.807, 2.05) is 32.0 Å². The first-order chi connectivity index (χ1) is 11.8. The minimum absolute atomic E-state index is 0.0675. The molecule has 0 saturated heterocycles. The molecule has 1 aliphatic rings. The van der Waals surface area contributed by atoms with Crippen LogP contribution in [0.2, 0.25) is 0 Å². The van der Waals surface area contributed by atoms with Gasteiger partial charge in [-0.3, -0.25) is 9.59 Å². The van der Waals surface area contributed by atoms with Crippen LogP contribution in [0.5, 0.6) is 0 Å². The molecule has 1 saturated carbocycles. The highest BCUT2D eigenvalue weighted by atomic mass is 79.9. The van der Waals surface area contributed by atoms with Crippen molar-refractivity contribution in [1.82, 2.24) is 0 Å². The molecule has 140 valence electrons. The molecular weight excluding hydrogens is 388 g/mol. The molecule has 0 atom stereocenters. The summed E-state index contributed by atoms with van der Waals surface area (Å²) in [4.78, 5) is 22.8. The second kappa shape index (κ2) is 10.2. The van der Waals surface area contributed by atoms with Crippen LogP contribution in [0.3, 0.4) is 0 Å². The third-order valence-corrected chi connectivity index (χ3v) is 5.62. The molecule has 0 amide bonds. The van der Waals surface area contributed by atoms with Gasteiger partial charge in [0.15, 0.2) is 0 Å². The Balaban J connectivity index is 0.000000299. The molecule has 3 N–H and O–H groups in total. The van der Waals surface area contributed by atoms with Crippen LogP contribution in [0.25, 0.3) is 0 Å². The number of halogens is 1. The first kappa shape index (κ1) is 22.0. The van der Waals surface area contributed by atoms with Gasteiger partial charge in [0, 0.05) is 22.7 Å². The molecule has 0 aliphatic heterocycles. The number of hydrogen-bond acceptors (Lipinski definition) is 5. The lowest BCUT2D eigenvalue weighted by Gasteiger charge is -2.24. The van der Waals surface area contributed by atoms with E-state index in [1.165, 1.54) is 0 Å². The predicted octanol–water partition coefficient (Wildman–Crippen LogP) is 2.52. The molecular formula is C19H27BrO5. The van der Waals surface area contributed by atoms with Crippen molar-refractivity contribution >= 4 is 27.5 Å². The molecule has 6 heteroatoms. The number of benzene rings is 1. The van der Waals surface area contributed by atoms with E-state index in [2.05, 4.69) is 15.9 Å². The molecule has 1 aliphatic carbocycles. The summed E-state index contributed by atoms with van der Waals surface area (Å²) in [7, 11) is 0. The zero-order valence-electron chi connectivity index (χ0n) is 14.8. The van der Waals surface area contributed by atoms with Crippen molar-refractivity contribution in [3.63, 3.8) is 0 Å². The van der Waals surface area contributed by atoms with Crippen LogP contribution in [0.1, 0.15) is 49.7 Å². The van der Waals surface area contributed by atoms with Gasteiger partial charge in [-0.05, 0) is 36.5 Å². The van der Waals surface area contributed by atoms with E-state index >= 15 is 0 Å². The van der Waals surface area contributed by atoms with Crippen LogP contribution in [-0.4, -0.2) is 46.7 Å². The number of aliphatic hydroxyl groups excluding tert-OH is 3. The quantitative estimate of drug-likeness (QED) is 0.643. The third kappa shape index (κ3) is 6.29. The van der Waals surface area contributed by atoms with Crippen molar-refractivity contribution in [2.45, 2.75) is 45.4 Å². The SMILES string of the molecule is CCC(CO)(CO)CO.Cc1ccc(C2CC(=O)CC(=O)C2)cc1Br. The number of carbonyl (C=O) groups is 2. The van der Waals surface area contributed by atoms with Gasteiger partial charge in [0.25, 0.3) is 0 Å². The largest absolute Gasteiger partial charge is 0.396 e. The Labute approximate surface area is 157 Å². The molecule has 5 nitrogen and oxygen atoms in total. The summed E-state index contributed by atoms with van der Waals surface area (Å²) in [5.74, 6) is 0.210. The number of carbonyl (C=O) groups excluding carboxylic acids is 2. The zero-order valence-corrected chi connectivity index (χ0v) is 16.4. The summed E-state index contributed by atoms with van der Waals surface area (Å²) in [5.41, 5.74) is 1.58. The van der Waals surface area contributed by atoms with Crippen molar-refractivity contribution in [3.05, 3.63) is 33.8 Å². The number of Topliss-reactive ketones (excluding diaryl/α,β-unsaturated/α-hetero) is 2. The first-order valence-corrected chi connectivity index (χ1v) is 9.22. The fraction of sp³-hybridized carbons (Fsp3) is 0.579. The van der Waals surface area contributed by atoms with Gasteiger partial charge in [0.05, 0.1) is 26.2 Å². The van der Waals surface area contributed by atoms with Crippen molar-refractivity contribution in [2.24, 2.45) is 5.41 Å². The average molecular weight is 415 g/mol. The fourth-order valence-corrected chi connectivity index (χ4v) is 2.97. The van der Waals surface area contributed by atoms with E-state index in [-0.39, 0.29) is 43.7 Å². The minimum Gasteiger partial charge on any atom is -0.396 e. The van der Waals surface area contributed by atoms with Gasteiger partial charge in [-0.15, -0.1) is 0 Å².